The van der Waals surface area contributed by atoms with E-state index in [-0.39, 0.29) is 5.91 Å². The second-order valence-electron chi connectivity index (χ2n) is 5.25. The van der Waals surface area contributed by atoms with Gasteiger partial charge in [0, 0.05) is 39.2 Å². The standard InChI is InChI=1S/C13H26N2O2/c1-10(2)13(9-17-4)14-12-5-7-15(8-6-12)11(3)16/h10,12-14H,5-9H2,1-4H3. The van der Waals surface area contributed by atoms with Gasteiger partial charge in [-0.1, -0.05) is 13.8 Å². The summed E-state index contributed by atoms with van der Waals surface area (Å²) in [7, 11) is 1.75. The summed E-state index contributed by atoms with van der Waals surface area (Å²) in [6.45, 7) is 8.58. The number of carbonyl (C=O) groups is 1. The predicted octanol–water partition coefficient (Wildman–Crippen LogP) is 1.26. The molecular formula is C13H26N2O2. The van der Waals surface area contributed by atoms with Crippen LogP contribution in [-0.2, 0) is 9.53 Å². The van der Waals surface area contributed by atoms with Crippen LogP contribution in [0.1, 0.15) is 33.6 Å². The third kappa shape index (κ3) is 4.64. The molecule has 0 aromatic heterocycles. The van der Waals surface area contributed by atoms with E-state index in [4.69, 9.17) is 4.74 Å². The van der Waals surface area contributed by atoms with E-state index in [0.717, 1.165) is 32.5 Å². The zero-order valence-corrected chi connectivity index (χ0v) is 11.5. The Kier molecular flexibility index (Phi) is 5.92. The second kappa shape index (κ2) is 6.97. The number of nitrogens with one attached hydrogen (secondary N) is 1. The van der Waals surface area contributed by atoms with Crippen molar-refractivity contribution in [1.82, 2.24) is 10.2 Å². The summed E-state index contributed by atoms with van der Waals surface area (Å²) in [5.74, 6) is 0.765. The molecule has 0 spiro atoms. The molecule has 1 N–H and O–H groups in total. The van der Waals surface area contributed by atoms with Crippen LogP contribution in [-0.4, -0.2) is 49.7 Å². The Balaban J connectivity index is 2.35. The molecule has 0 bridgehead atoms. The number of likely N-dealkylation sites (tertiary alicyclic amines) is 1. The fourth-order valence-electron chi connectivity index (χ4n) is 2.28. The van der Waals surface area contributed by atoms with Crippen molar-refractivity contribution in [3.63, 3.8) is 0 Å². The molecule has 1 aliphatic heterocycles. The van der Waals surface area contributed by atoms with Crippen LogP contribution in [0.25, 0.3) is 0 Å². The Labute approximate surface area is 105 Å². The number of piperidine rings is 1. The first-order chi connectivity index (χ1) is 8.04. The minimum Gasteiger partial charge on any atom is -0.383 e. The quantitative estimate of drug-likeness (QED) is 0.789. The molecule has 1 rings (SSSR count). The van der Waals surface area contributed by atoms with E-state index >= 15 is 0 Å². The molecule has 100 valence electrons. The van der Waals surface area contributed by atoms with Crippen molar-refractivity contribution in [2.24, 2.45) is 5.92 Å². The Morgan fingerprint density at radius 3 is 2.41 bits per heavy atom. The van der Waals surface area contributed by atoms with Crippen LogP contribution in [0.15, 0.2) is 0 Å². The van der Waals surface area contributed by atoms with Crippen LogP contribution < -0.4 is 5.32 Å². The number of hydrogen-bond donors (Lipinski definition) is 1. The average molecular weight is 242 g/mol. The van der Waals surface area contributed by atoms with Crippen LogP contribution in [0.4, 0.5) is 0 Å². The maximum atomic E-state index is 11.2. The lowest BCUT2D eigenvalue weighted by Crippen LogP contribution is -2.50. The summed E-state index contributed by atoms with van der Waals surface area (Å²) in [6.07, 6.45) is 2.10. The summed E-state index contributed by atoms with van der Waals surface area (Å²) in [4.78, 5) is 13.2. The third-order valence-electron chi connectivity index (χ3n) is 3.54. The fourth-order valence-corrected chi connectivity index (χ4v) is 2.28. The van der Waals surface area contributed by atoms with Gasteiger partial charge in [-0.3, -0.25) is 4.79 Å². The van der Waals surface area contributed by atoms with Gasteiger partial charge in [-0.2, -0.15) is 0 Å². The molecule has 4 nitrogen and oxygen atoms in total. The molecular weight excluding hydrogens is 216 g/mol. The van der Waals surface area contributed by atoms with Gasteiger partial charge in [0.25, 0.3) is 0 Å². The van der Waals surface area contributed by atoms with Gasteiger partial charge in [0.15, 0.2) is 0 Å². The van der Waals surface area contributed by atoms with E-state index in [9.17, 15) is 4.79 Å². The van der Waals surface area contributed by atoms with Gasteiger partial charge in [-0.15, -0.1) is 0 Å². The van der Waals surface area contributed by atoms with Gasteiger partial charge < -0.3 is 15.0 Å². The first kappa shape index (κ1) is 14.5. The van der Waals surface area contributed by atoms with Crippen LogP contribution >= 0.6 is 0 Å². The summed E-state index contributed by atoms with van der Waals surface area (Å²) in [5.41, 5.74) is 0. The van der Waals surface area contributed by atoms with E-state index in [1.54, 1.807) is 14.0 Å². The second-order valence-corrected chi connectivity index (χ2v) is 5.25. The van der Waals surface area contributed by atoms with Crippen LogP contribution in [0.5, 0.6) is 0 Å². The highest BCUT2D eigenvalue weighted by atomic mass is 16.5. The molecule has 1 saturated heterocycles. The molecule has 0 radical (unpaired) electrons. The molecule has 1 fully saturated rings. The fraction of sp³-hybridized carbons (Fsp3) is 0.923. The SMILES string of the molecule is COCC(NC1CCN(C(C)=O)CC1)C(C)C. The minimum absolute atomic E-state index is 0.195. The number of rotatable bonds is 5. The topological polar surface area (TPSA) is 41.6 Å². The largest absolute Gasteiger partial charge is 0.383 e. The number of nitrogens with zero attached hydrogens (tertiary/aromatic N) is 1. The highest BCUT2D eigenvalue weighted by Crippen LogP contribution is 2.13. The Morgan fingerprint density at radius 1 is 1.41 bits per heavy atom. The number of ether oxygens (including phenoxy) is 1. The van der Waals surface area contributed by atoms with Gasteiger partial charge in [0.2, 0.25) is 5.91 Å². The highest BCUT2D eigenvalue weighted by Gasteiger charge is 2.23. The Morgan fingerprint density at radius 2 is 2.00 bits per heavy atom. The molecule has 1 atom stereocenters. The van der Waals surface area contributed by atoms with Crippen molar-refractivity contribution in [1.29, 1.82) is 0 Å². The molecule has 1 heterocycles. The van der Waals surface area contributed by atoms with Crippen LogP contribution in [0, 0.1) is 5.92 Å². The molecule has 1 unspecified atom stereocenters. The van der Waals surface area contributed by atoms with Crippen molar-refractivity contribution >= 4 is 5.91 Å². The normalized spacial score (nSPS) is 19.7. The maximum Gasteiger partial charge on any atom is 0.219 e. The van der Waals surface area contributed by atoms with Gasteiger partial charge >= 0.3 is 0 Å². The smallest absolute Gasteiger partial charge is 0.219 e. The zero-order chi connectivity index (χ0) is 12.8. The van der Waals surface area contributed by atoms with Gasteiger partial charge in [0.1, 0.15) is 0 Å². The van der Waals surface area contributed by atoms with Gasteiger partial charge in [0.05, 0.1) is 6.61 Å². The van der Waals surface area contributed by atoms with Crippen molar-refractivity contribution < 1.29 is 9.53 Å². The van der Waals surface area contributed by atoms with E-state index in [1.165, 1.54) is 0 Å². The van der Waals surface area contributed by atoms with Crippen LogP contribution in [0.3, 0.4) is 0 Å². The lowest BCUT2D eigenvalue weighted by atomic mass is 9.99. The van der Waals surface area contributed by atoms with Crippen molar-refractivity contribution in [2.45, 2.75) is 45.7 Å². The minimum atomic E-state index is 0.195. The van der Waals surface area contributed by atoms with E-state index in [1.807, 2.05) is 4.90 Å². The lowest BCUT2D eigenvalue weighted by molar-refractivity contribution is -0.129. The van der Waals surface area contributed by atoms with Crippen molar-refractivity contribution in [2.75, 3.05) is 26.8 Å². The molecule has 0 aromatic rings. The van der Waals surface area contributed by atoms with Crippen molar-refractivity contribution in [3.8, 4) is 0 Å². The summed E-state index contributed by atoms with van der Waals surface area (Å²) in [6, 6.07) is 0.932. The van der Waals surface area contributed by atoms with Gasteiger partial charge in [-0.25, -0.2) is 0 Å². The Hall–Kier alpha value is -0.610. The monoisotopic (exact) mass is 242 g/mol. The molecule has 17 heavy (non-hydrogen) atoms. The first-order valence-electron chi connectivity index (χ1n) is 6.55. The first-order valence-corrected chi connectivity index (χ1v) is 6.55. The summed E-state index contributed by atoms with van der Waals surface area (Å²) in [5, 5.41) is 3.65. The predicted molar refractivity (Wildman–Crippen MR) is 68.9 cm³/mol. The lowest BCUT2D eigenvalue weighted by Gasteiger charge is -2.35. The van der Waals surface area contributed by atoms with Crippen molar-refractivity contribution in [3.05, 3.63) is 0 Å². The summed E-state index contributed by atoms with van der Waals surface area (Å²) >= 11 is 0. The Bertz CT molecular complexity index is 236. The van der Waals surface area contributed by atoms with E-state index in [2.05, 4.69) is 19.2 Å². The summed E-state index contributed by atoms with van der Waals surface area (Å²) < 4.78 is 5.24. The molecule has 0 aliphatic carbocycles. The third-order valence-corrected chi connectivity index (χ3v) is 3.54. The number of carbonyl (C=O) groups excluding carboxylic acids is 1. The molecule has 4 heteroatoms. The van der Waals surface area contributed by atoms with Crippen LogP contribution in [0.2, 0.25) is 0 Å². The maximum absolute atomic E-state index is 11.2. The van der Waals surface area contributed by atoms with E-state index < -0.39 is 0 Å². The zero-order valence-electron chi connectivity index (χ0n) is 11.5. The molecule has 0 saturated carbocycles. The van der Waals surface area contributed by atoms with Gasteiger partial charge in [-0.05, 0) is 18.8 Å². The highest BCUT2D eigenvalue weighted by molar-refractivity contribution is 5.73. The average Bonchev–Trinajstić information content (AvgIpc) is 2.29. The van der Waals surface area contributed by atoms with E-state index in [0.29, 0.717) is 18.0 Å². The molecule has 0 aromatic carbocycles. The molecule has 1 amide bonds. The number of methoxy groups -OCH3 is 1. The molecule has 1 aliphatic rings. The number of amides is 1. The number of hydrogen-bond acceptors (Lipinski definition) is 3.